The Morgan fingerprint density at radius 2 is 1.88 bits per heavy atom. The van der Waals surface area contributed by atoms with Gasteiger partial charge in [0.2, 0.25) is 10.0 Å². The molecule has 0 aliphatic carbocycles. The number of carbonyl (C=O) groups excluding carboxylic acids is 1. The molecule has 0 saturated carbocycles. The lowest BCUT2D eigenvalue weighted by atomic mass is 10.1. The maximum absolute atomic E-state index is 11.6. The zero-order chi connectivity index (χ0) is 12.9. The van der Waals surface area contributed by atoms with Crippen LogP contribution in [0.25, 0.3) is 0 Å². The van der Waals surface area contributed by atoms with Crippen molar-refractivity contribution in [2.45, 2.75) is 12.8 Å². The van der Waals surface area contributed by atoms with E-state index in [1.807, 2.05) is 0 Å². The Morgan fingerprint density at radius 3 is 2.35 bits per heavy atom. The molecule has 6 heteroatoms. The van der Waals surface area contributed by atoms with E-state index in [2.05, 4.69) is 4.72 Å². The number of Topliss-reactive ketones (excluding diaryl/α,β-unsaturated/α-hetero) is 1. The number of sulfonamides is 1. The molecule has 0 atom stereocenters. The number of halogens is 1. The first-order chi connectivity index (χ1) is 7.92. The Hall–Kier alpha value is -1.07. The van der Waals surface area contributed by atoms with Crippen LogP contribution in [-0.2, 0) is 10.0 Å². The first-order valence-corrected chi connectivity index (χ1v) is 7.52. The van der Waals surface area contributed by atoms with Gasteiger partial charge in [0.25, 0.3) is 0 Å². The second kappa shape index (κ2) is 6.02. The van der Waals surface area contributed by atoms with Gasteiger partial charge in [0, 0.05) is 23.6 Å². The van der Waals surface area contributed by atoms with E-state index >= 15 is 0 Å². The van der Waals surface area contributed by atoms with Crippen LogP contribution < -0.4 is 4.72 Å². The smallest absolute Gasteiger partial charge is 0.229 e. The molecule has 1 aromatic rings. The van der Waals surface area contributed by atoms with Gasteiger partial charge in [-0.1, -0.05) is 0 Å². The van der Waals surface area contributed by atoms with Gasteiger partial charge in [-0.2, -0.15) is 0 Å². The SMILES string of the molecule is CS(=O)(=O)Nc1ccc(C(=O)CCCCl)cc1. The lowest BCUT2D eigenvalue weighted by Gasteiger charge is -2.04. The molecule has 1 N–H and O–H groups in total. The van der Waals surface area contributed by atoms with E-state index in [4.69, 9.17) is 11.6 Å². The lowest BCUT2D eigenvalue weighted by Crippen LogP contribution is -2.09. The molecule has 0 radical (unpaired) electrons. The van der Waals surface area contributed by atoms with Crippen molar-refractivity contribution >= 4 is 33.1 Å². The van der Waals surface area contributed by atoms with Crippen LogP contribution in [0.3, 0.4) is 0 Å². The van der Waals surface area contributed by atoms with Crippen LogP contribution >= 0.6 is 11.6 Å². The van der Waals surface area contributed by atoms with Gasteiger partial charge in [-0.15, -0.1) is 11.6 Å². The summed E-state index contributed by atoms with van der Waals surface area (Å²) in [6, 6.07) is 6.33. The van der Waals surface area contributed by atoms with E-state index in [0.717, 1.165) is 6.26 Å². The van der Waals surface area contributed by atoms with Crippen LogP contribution in [0.4, 0.5) is 5.69 Å². The molecule has 0 amide bonds. The van der Waals surface area contributed by atoms with Crippen molar-refractivity contribution in [3.8, 4) is 0 Å². The molecule has 0 aromatic heterocycles. The highest BCUT2D eigenvalue weighted by Gasteiger charge is 2.06. The zero-order valence-corrected chi connectivity index (χ0v) is 11.0. The van der Waals surface area contributed by atoms with Crippen molar-refractivity contribution in [1.82, 2.24) is 0 Å². The molecular formula is C11H14ClNO3S. The highest BCUT2D eigenvalue weighted by Crippen LogP contribution is 2.13. The molecular weight excluding hydrogens is 262 g/mol. The normalized spacial score (nSPS) is 11.2. The minimum absolute atomic E-state index is 0.0107. The van der Waals surface area contributed by atoms with Gasteiger partial charge in [-0.25, -0.2) is 8.42 Å². The topological polar surface area (TPSA) is 63.2 Å². The summed E-state index contributed by atoms with van der Waals surface area (Å²) in [6.45, 7) is 0. The number of carbonyl (C=O) groups is 1. The van der Waals surface area contributed by atoms with Gasteiger partial charge < -0.3 is 0 Å². The van der Waals surface area contributed by atoms with Crippen molar-refractivity contribution in [3.05, 3.63) is 29.8 Å². The average molecular weight is 276 g/mol. The highest BCUT2D eigenvalue weighted by atomic mass is 35.5. The molecule has 0 fully saturated rings. The van der Waals surface area contributed by atoms with Crippen LogP contribution in [0.2, 0.25) is 0 Å². The minimum Gasteiger partial charge on any atom is -0.294 e. The van der Waals surface area contributed by atoms with Crippen LogP contribution in [0.15, 0.2) is 24.3 Å². The Bertz CT molecular complexity index is 482. The fraction of sp³-hybridized carbons (Fsp3) is 0.364. The summed E-state index contributed by atoms with van der Waals surface area (Å²) in [5.74, 6) is 0.468. The Balaban J connectivity index is 2.71. The Kier molecular flexibility index (Phi) is 4.96. The summed E-state index contributed by atoms with van der Waals surface area (Å²) in [5, 5.41) is 0. The van der Waals surface area contributed by atoms with Crippen molar-refractivity contribution < 1.29 is 13.2 Å². The highest BCUT2D eigenvalue weighted by molar-refractivity contribution is 7.92. The lowest BCUT2D eigenvalue weighted by molar-refractivity contribution is 0.0982. The average Bonchev–Trinajstić information content (AvgIpc) is 2.24. The number of anilines is 1. The molecule has 0 bridgehead atoms. The van der Waals surface area contributed by atoms with Crippen molar-refractivity contribution in [1.29, 1.82) is 0 Å². The van der Waals surface area contributed by atoms with E-state index in [0.29, 0.717) is 30.0 Å². The van der Waals surface area contributed by atoms with E-state index in [1.165, 1.54) is 0 Å². The molecule has 0 unspecified atom stereocenters. The van der Waals surface area contributed by atoms with E-state index in [-0.39, 0.29) is 5.78 Å². The monoisotopic (exact) mass is 275 g/mol. The number of alkyl halides is 1. The molecule has 0 aliphatic rings. The molecule has 4 nitrogen and oxygen atoms in total. The number of nitrogens with one attached hydrogen (secondary N) is 1. The van der Waals surface area contributed by atoms with Gasteiger partial charge in [-0.3, -0.25) is 9.52 Å². The standard InChI is InChI=1S/C11H14ClNO3S/c1-17(15,16)13-10-6-4-9(5-7-10)11(14)3-2-8-12/h4-7,13H,2-3,8H2,1H3. The number of benzene rings is 1. The van der Waals surface area contributed by atoms with E-state index < -0.39 is 10.0 Å². The Labute approximate surface area is 106 Å². The van der Waals surface area contributed by atoms with Crippen molar-refractivity contribution in [2.75, 3.05) is 16.9 Å². The van der Waals surface area contributed by atoms with E-state index in [1.54, 1.807) is 24.3 Å². The van der Waals surface area contributed by atoms with Crippen molar-refractivity contribution in [2.24, 2.45) is 0 Å². The third kappa shape index (κ3) is 5.19. The van der Waals surface area contributed by atoms with Crippen LogP contribution in [-0.4, -0.2) is 26.3 Å². The maximum atomic E-state index is 11.6. The molecule has 1 aromatic carbocycles. The molecule has 94 valence electrons. The first kappa shape index (κ1) is 14.0. The predicted molar refractivity (Wildman–Crippen MR) is 69.2 cm³/mol. The molecule has 0 spiro atoms. The molecule has 0 heterocycles. The largest absolute Gasteiger partial charge is 0.294 e. The fourth-order valence-electron chi connectivity index (χ4n) is 1.31. The van der Waals surface area contributed by atoms with Crippen LogP contribution in [0.1, 0.15) is 23.2 Å². The first-order valence-electron chi connectivity index (χ1n) is 5.09. The number of ketones is 1. The fourth-order valence-corrected chi connectivity index (χ4v) is 2.01. The quantitative estimate of drug-likeness (QED) is 0.640. The van der Waals surface area contributed by atoms with Gasteiger partial charge >= 0.3 is 0 Å². The minimum atomic E-state index is -3.28. The van der Waals surface area contributed by atoms with Crippen molar-refractivity contribution in [3.63, 3.8) is 0 Å². The van der Waals surface area contributed by atoms with Crippen LogP contribution in [0, 0.1) is 0 Å². The second-order valence-electron chi connectivity index (χ2n) is 3.67. The summed E-state index contributed by atoms with van der Waals surface area (Å²) in [4.78, 5) is 11.6. The van der Waals surface area contributed by atoms with Gasteiger partial charge in [-0.05, 0) is 30.7 Å². The summed E-state index contributed by atoms with van der Waals surface area (Å²) < 4.78 is 24.3. The van der Waals surface area contributed by atoms with Gasteiger partial charge in [0.15, 0.2) is 5.78 Å². The van der Waals surface area contributed by atoms with E-state index in [9.17, 15) is 13.2 Å². The molecule has 1 rings (SSSR count). The maximum Gasteiger partial charge on any atom is 0.229 e. The number of rotatable bonds is 6. The number of hydrogen-bond acceptors (Lipinski definition) is 3. The third-order valence-corrected chi connectivity index (χ3v) is 2.92. The van der Waals surface area contributed by atoms with Crippen LogP contribution in [0.5, 0.6) is 0 Å². The summed E-state index contributed by atoms with van der Waals surface area (Å²) in [5.41, 5.74) is 1.01. The summed E-state index contributed by atoms with van der Waals surface area (Å²) in [7, 11) is -3.28. The molecule has 0 saturated heterocycles. The Morgan fingerprint density at radius 1 is 1.29 bits per heavy atom. The number of hydrogen-bond donors (Lipinski definition) is 1. The molecule has 17 heavy (non-hydrogen) atoms. The summed E-state index contributed by atoms with van der Waals surface area (Å²) in [6.07, 6.45) is 2.12. The molecule has 0 aliphatic heterocycles. The third-order valence-electron chi connectivity index (χ3n) is 2.05. The predicted octanol–water partition coefficient (Wildman–Crippen LogP) is 2.26. The zero-order valence-electron chi connectivity index (χ0n) is 9.44. The van der Waals surface area contributed by atoms with Gasteiger partial charge in [0.05, 0.1) is 6.26 Å². The van der Waals surface area contributed by atoms with Gasteiger partial charge in [0.1, 0.15) is 0 Å². The summed E-state index contributed by atoms with van der Waals surface area (Å²) >= 11 is 5.50. The second-order valence-corrected chi connectivity index (χ2v) is 5.79.